The first-order valence-electron chi connectivity index (χ1n) is 8.96. The maximum Gasteiger partial charge on any atom is 0.255 e. The van der Waals surface area contributed by atoms with Gasteiger partial charge in [-0.25, -0.2) is 9.97 Å². The molecule has 1 aliphatic rings. The van der Waals surface area contributed by atoms with Gasteiger partial charge in [0.15, 0.2) is 5.82 Å². The van der Waals surface area contributed by atoms with Gasteiger partial charge in [-0.05, 0) is 25.0 Å². The Labute approximate surface area is 156 Å². The number of piperidine rings is 1. The van der Waals surface area contributed by atoms with Gasteiger partial charge in [0, 0.05) is 44.6 Å². The fourth-order valence-electron chi connectivity index (χ4n) is 3.50. The molecule has 0 bridgehead atoms. The number of imidazole rings is 1. The molecule has 9 nitrogen and oxygen atoms in total. The summed E-state index contributed by atoms with van der Waals surface area (Å²) < 4.78 is 3.99. The van der Waals surface area contributed by atoms with E-state index < -0.39 is 0 Å². The third-order valence-corrected chi connectivity index (χ3v) is 4.99. The van der Waals surface area contributed by atoms with Crippen molar-refractivity contribution >= 4 is 11.7 Å². The second-order valence-electron chi connectivity index (χ2n) is 6.83. The minimum Gasteiger partial charge on any atom is -0.384 e. The molecule has 0 radical (unpaired) electrons. The van der Waals surface area contributed by atoms with E-state index >= 15 is 0 Å². The largest absolute Gasteiger partial charge is 0.384 e. The van der Waals surface area contributed by atoms with Crippen molar-refractivity contribution in [2.75, 3.05) is 18.8 Å². The Bertz CT molecular complexity index is 916. The zero-order valence-electron chi connectivity index (χ0n) is 15.2. The van der Waals surface area contributed by atoms with Crippen molar-refractivity contribution in [3.63, 3.8) is 0 Å². The summed E-state index contributed by atoms with van der Waals surface area (Å²) in [5.74, 6) is 2.34. The lowest BCUT2D eigenvalue weighted by molar-refractivity contribution is 0.0703. The fourth-order valence-corrected chi connectivity index (χ4v) is 3.50. The predicted octanol–water partition coefficient (Wildman–Crippen LogP) is 1.06. The monoisotopic (exact) mass is 366 g/mol. The molecule has 27 heavy (non-hydrogen) atoms. The van der Waals surface area contributed by atoms with E-state index in [-0.39, 0.29) is 11.8 Å². The summed E-state index contributed by atoms with van der Waals surface area (Å²) in [6.45, 7) is 1.98. The lowest BCUT2D eigenvalue weighted by Crippen LogP contribution is -2.39. The summed E-state index contributed by atoms with van der Waals surface area (Å²) in [6.07, 6.45) is 8.86. The van der Waals surface area contributed by atoms with Crippen LogP contribution < -0.4 is 5.73 Å². The molecule has 4 rings (SSSR count). The number of likely N-dealkylation sites (tertiary alicyclic amines) is 1. The minimum absolute atomic E-state index is 0.0204. The Morgan fingerprint density at radius 2 is 2.22 bits per heavy atom. The van der Waals surface area contributed by atoms with E-state index in [9.17, 15) is 4.79 Å². The normalized spacial score (nSPS) is 17.2. The van der Waals surface area contributed by atoms with Crippen LogP contribution in [0.25, 0.3) is 0 Å². The molecule has 1 saturated heterocycles. The van der Waals surface area contributed by atoms with Crippen molar-refractivity contribution < 1.29 is 4.79 Å². The van der Waals surface area contributed by atoms with Gasteiger partial charge < -0.3 is 19.8 Å². The van der Waals surface area contributed by atoms with E-state index in [1.807, 2.05) is 27.3 Å². The Kier molecular flexibility index (Phi) is 4.57. The van der Waals surface area contributed by atoms with Crippen LogP contribution in [0.4, 0.5) is 5.82 Å². The van der Waals surface area contributed by atoms with Crippen LogP contribution in [-0.2, 0) is 13.6 Å². The quantitative estimate of drug-likeness (QED) is 0.740. The molecular formula is C18H22N8O. The number of hydrogen-bond donors (Lipinski definition) is 1. The highest BCUT2D eigenvalue weighted by atomic mass is 16.2. The highest BCUT2D eigenvalue weighted by Gasteiger charge is 2.29. The van der Waals surface area contributed by atoms with Gasteiger partial charge in [0.2, 0.25) is 0 Å². The summed E-state index contributed by atoms with van der Waals surface area (Å²) in [6, 6.07) is 3.37. The highest BCUT2D eigenvalue weighted by Crippen LogP contribution is 2.27. The van der Waals surface area contributed by atoms with E-state index in [4.69, 9.17) is 5.73 Å². The number of anilines is 1. The molecule has 2 N–H and O–H groups in total. The Morgan fingerprint density at radius 3 is 2.96 bits per heavy atom. The first-order chi connectivity index (χ1) is 13.1. The summed E-state index contributed by atoms with van der Waals surface area (Å²) in [7, 11) is 1.98. The van der Waals surface area contributed by atoms with Crippen LogP contribution in [0.2, 0.25) is 0 Å². The van der Waals surface area contributed by atoms with E-state index in [0.717, 1.165) is 31.0 Å². The average molecular weight is 366 g/mol. The van der Waals surface area contributed by atoms with Crippen molar-refractivity contribution in [2.45, 2.75) is 25.3 Å². The van der Waals surface area contributed by atoms with E-state index in [1.54, 1.807) is 24.7 Å². The van der Waals surface area contributed by atoms with E-state index in [2.05, 4.69) is 20.2 Å². The number of nitrogens with two attached hydrogens (primary N) is 1. The Balaban J connectivity index is 1.49. The van der Waals surface area contributed by atoms with Crippen LogP contribution >= 0.6 is 0 Å². The standard InChI is InChI=1S/C18H22N8O/c1-24-16(11-25-8-6-20-12-25)22-23-17(24)14-3-2-7-26(10-14)18(27)13-4-5-15(19)21-9-13/h4-6,8-9,12,14H,2-3,7,10-11H2,1H3,(H2,19,21)/t14-/m0/s1. The molecule has 0 aliphatic carbocycles. The Morgan fingerprint density at radius 1 is 1.33 bits per heavy atom. The molecule has 1 atom stereocenters. The van der Waals surface area contributed by atoms with Gasteiger partial charge in [-0.15, -0.1) is 10.2 Å². The van der Waals surface area contributed by atoms with Crippen LogP contribution in [0.5, 0.6) is 0 Å². The third kappa shape index (κ3) is 3.53. The first-order valence-corrected chi connectivity index (χ1v) is 8.96. The summed E-state index contributed by atoms with van der Waals surface area (Å²) >= 11 is 0. The van der Waals surface area contributed by atoms with Crippen LogP contribution in [0.1, 0.15) is 40.8 Å². The molecule has 0 aromatic carbocycles. The van der Waals surface area contributed by atoms with Gasteiger partial charge >= 0.3 is 0 Å². The number of aromatic nitrogens is 6. The lowest BCUT2D eigenvalue weighted by Gasteiger charge is -2.32. The average Bonchev–Trinajstić information content (AvgIpc) is 3.33. The number of nitrogen functional groups attached to an aromatic ring is 1. The summed E-state index contributed by atoms with van der Waals surface area (Å²) in [5.41, 5.74) is 6.17. The van der Waals surface area contributed by atoms with Crippen molar-refractivity contribution in [1.82, 2.24) is 34.2 Å². The molecule has 140 valence electrons. The molecule has 9 heteroatoms. The minimum atomic E-state index is -0.0204. The van der Waals surface area contributed by atoms with Gasteiger partial charge in [-0.2, -0.15) is 0 Å². The molecule has 4 heterocycles. The number of carbonyl (C=O) groups excluding carboxylic acids is 1. The van der Waals surface area contributed by atoms with Crippen molar-refractivity contribution in [3.8, 4) is 0 Å². The maximum atomic E-state index is 12.8. The number of hydrogen-bond acceptors (Lipinski definition) is 6. The van der Waals surface area contributed by atoms with Gasteiger partial charge in [-0.3, -0.25) is 4.79 Å². The molecule has 3 aromatic rings. The first kappa shape index (κ1) is 17.2. The molecule has 0 spiro atoms. The molecule has 0 unspecified atom stereocenters. The molecular weight excluding hydrogens is 344 g/mol. The second kappa shape index (κ2) is 7.18. The van der Waals surface area contributed by atoms with Gasteiger partial charge in [0.05, 0.1) is 18.4 Å². The number of amides is 1. The smallest absolute Gasteiger partial charge is 0.255 e. The van der Waals surface area contributed by atoms with E-state index in [1.165, 1.54) is 6.20 Å². The number of rotatable bonds is 4. The molecule has 1 aliphatic heterocycles. The maximum absolute atomic E-state index is 12.8. The lowest BCUT2D eigenvalue weighted by atomic mass is 9.96. The van der Waals surface area contributed by atoms with Crippen molar-refractivity contribution in [3.05, 3.63) is 54.3 Å². The molecule has 0 saturated carbocycles. The third-order valence-electron chi connectivity index (χ3n) is 4.99. The predicted molar refractivity (Wildman–Crippen MR) is 98.9 cm³/mol. The SMILES string of the molecule is Cn1c(Cn2ccnc2)nnc1[C@H]1CCCN(C(=O)c2ccc(N)nc2)C1. The van der Waals surface area contributed by atoms with Crippen LogP contribution in [-0.4, -0.2) is 53.2 Å². The number of nitrogens with zero attached hydrogens (tertiary/aromatic N) is 7. The molecule has 3 aromatic heterocycles. The van der Waals surface area contributed by atoms with Crippen LogP contribution in [0, 0.1) is 0 Å². The number of pyridine rings is 1. The van der Waals surface area contributed by atoms with Crippen molar-refractivity contribution in [2.24, 2.45) is 7.05 Å². The fraction of sp³-hybridized carbons (Fsp3) is 0.389. The second-order valence-corrected chi connectivity index (χ2v) is 6.83. The summed E-state index contributed by atoms with van der Waals surface area (Å²) in [4.78, 5) is 22.7. The van der Waals surface area contributed by atoms with E-state index in [0.29, 0.717) is 24.5 Å². The van der Waals surface area contributed by atoms with Crippen molar-refractivity contribution in [1.29, 1.82) is 0 Å². The van der Waals surface area contributed by atoms with Gasteiger partial charge in [-0.1, -0.05) is 0 Å². The van der Waals surface area contributed by atoms with Crippen LogP contribution in [0.15, 0.2) is 37.1 Å². The zero-order valence-corrected chi connectivity index (χ0v) is 15.2. The Hall–Kier alpha value is -3.23. The highest BCUT2D eigenvalue weighted by molar-refractivity contribution is 5.94. The van der Waals surface area contributed by atoms with Gasteiger partial charge in [0.25, 0.3) is 5.91 Å². The summed E-state index contributed by atoms with van der Waals surface area (Å²) in [5, 5.41) is 8.75. The molecule has 1 fully saturated rings. The van der Waals surface area contributed by atoms with Crippen LogP contribution in [0.3, 0.4) is 0 Å². The van der Waals surface area contributed by atoms with Gasteiger partial charge in [0.1, 0.15) is 11.6 Å². The topological polar surface area (TPSA) is 108 Å². The zero-order chi connectivity index (χ0) is 18.8. The molecule has 1 amide bonds. The number of carbonyl (C=O) groups is 1.